The molecule has 0 aromatic heterocycles. The Morgan fingerprint density at radius 1 is 1.24 bits per heavy atom. The molecule has 3 aliphatic rings. The van der Waals surface area contributed by atoms with E-state index in [1.807, 2.05) is 26.0 Å². The zero-order valence-corrected chi connectivity index (χ0v) is 17.2. The lowest BCUT2D eigenvalue weighted by molar-refractivity contribution is -0.134. The molecule has 2 fully saturated rings. The molecule has 1 aromatic rings. The van der Waals surface area contributed by atoms with E-state index >= 15 is 0 Å². The molecule has 0 aliphatic carbocycles. The molecule has 0 unspecified atom stereocenters. The van der Waals surface area contributed by atoms with Crippen LogP contribution in [0, 0.1) is 5.92 Å². The second-order valence-corrected chi connectivity index (χ2v) is 8.34. The van der Waals surface area contributed by atoms with E-state index in [2.05, 4.69) is 22.9 Å². The Labute approximate surface area is 171 Å². The van der Waals surface area contributed by atoms with Gasteiger partial charge >= 0.3 is 6.03 Å². The Morgan fingerprint density at radius 3 is 2.66 bits per heavy atom. The number of fused-ring (bicyclic) bond motifs is 1. The lowest BCUT2D eigenvalue weighted by Gasteiger charge is -2.40. The van der Waals surface area contributed by atoms with Crippen molar-refractivity contribution in [2.24, 2.45) is 5.92 Å². The number of nitrogens with one attached hydrogen (secondary N) is 1. The Bertz CT molecular complexity index is 831. The zero-order valence-electron chi connectivity index (χ0n) is 17.2. The summed E-state index contributed by atoms with van der Waals surface area (Å²) in [6, 6.07) is 5.78. The van der Waals surface area contributed by atoms with Crippen LogP contribution in [0.5, 0.6) is 11.5 Å². The number of nitrogens with zero attached hydrogens (tertiary/aromatic N) is 2. The molecule has 1 N–H and O–H groups in total. The smallest absolute Gasteiger partial charge is 0.325 e. The molecule has 1 aromatic carbocycles. The second-order valence-electron chi connectivity index (χ2n) is 8.34. The highest BCUT2D eigenvalue weighted by atomic mass is 16.7. The van der Waals surface area contributed by atoms with Crippen LogP contribution in [0.1, 0.15) is 38.7 Å². The van der Waals surface area contributed by atoms with Crippen LogP contribution < -0.4 is 14.8 Å². The second kappa shape index (κ2) is 7.71. The summed E-state index contributed by atoms with van der Waals surface area (Å²) in [7, 11) is 0. The molecule has 2 saturated heterocycles. The lowest BCUT2D eigenvalue weighted by Crippen LogP contribution is -2.55. The van der Waals surface area contributed by atoms with Crippen LogP contribution >= 0.6 is 0 Å². The topological polar surface area (TPSA) is 71.1 Å². The van der Waals surface area contributed by atoms with Gasteiger partial charge in [0.25, 0.3) is 5.91 Å². The van der Waals surface area contributed by atoms with Crippen LogP contribution in [-0.2, 0) is 11.3 Å². The molecular weight excluding hydrogens is 370 g/mol. The Kier molecular flexibility index (Phi) is 5.25. The van der Waals surface area contributed by atoms with Crippen molar-refractivity contribution in [3.63, 3.8) is 0 Å². The molecule has 1 atom stereocenters. The average molecular weight is 399 g/mol. The normalized spacial score (nSPS) is 24.8. The third-order valence-electron chi connectivity index (χ3n) is 6.32. The Hall–Kier alpha value is -2.54. The number of imide groups is 1. The molecule has 0 saturated carbocycles. The summed E-state index contributed by atoms with van der Waals surface area (Å²) in [6.07, 6.45) is 2.37. The first-order valence-electron chi connectivity index (χ1n) is 10.3. The molecule has 3 aliphatic heterocycles. The van der Waals surface area contributed by atoms with Crippen molar-refractivity contribution in [2.75, 3.05) is 26.4 Å². The van der Waals surface area contributed by atoms with Gasteiger partial charge in [0.15, 0.2) is 11.5 Å². The molecule has 4 rings (SSSR count). The minimum atomic E-state index is -0.780. The van der Waals surface area contributed by atoms with E-state index in [0.29, 0.717) is 6.42 Å². The number of urea groups is 1. The average Bonchev–Trinajstić information content (AvgIpc) is 3.26. The molecule has 0 radical (unpaired) electrons. The molecular formula is C22H29N3O4. The van der Waals surface area contributed by atoms with Crippen LogP contribution in [0.2, 0.25) is 0 Å². The maximum Gasteiger partial charge on any atom is 0.325 e. The van der Waals surface area contributed by atoms with Gasteiger partial charge in [0, 0.05) is 6.54 Å². The summed E-state index contributed by atoms with van der Waals surface area (Å²) >= 11 is 0. The van der Waals surface area contributed by atoms with Crippen LogP contribution in [0.3, 0.4) is 0 Å². The van der Waals surface area contributed by atoms with E-state index in [-0.39, 0.29) is 31.2 Å². The first-order valence-corrected chi connectivity index (χ1v) is 10.3. The lowest BCUT2D eigenvalue weighted by atomic mass is 9.75. The van der Waals surface area contributed by atoms with Gasteiger partial charge in [0.05, 0.1) is 6.54 Å². The maximum absolute atomic E-state index is 13.1. The summed E-state index contributed by atoms with van der Waals surface area (Å²) in [6.45, 7) is 10.9. The van der Waals surface area contributed by atoms with Gasteiger partial charge in [-0.3, -0.25) is 14.6 Å². The Balaban J connectivity index is 1.40. The highest BCUT2D eigenvalue weighted by Crippen LogP contribution is 2.37. The van der Waals surface area contributed by atoms with Crippen molar-refractivity contribution in [1.29, 1.82) is 0 Å². The number of ether oxygens (including phenoxy) is 2. The van der Waals surface area contributed by atoms with Gasteiger partial charge in [-0.15, -0.1) is 0 Å². The number of piperidine rings is 1. The number of amides is 3. The number of hydrogen-bond acceptors (Lipinski definition) is 5. The van der Waals surface area contributed by atoms with E-state index in [4.69, 9.17) is 9.47 Å². The van der Waals surface area contributed by atoms with Gasteiger partial charge in [0.1, 0.15) is 5.54 Å². The predicted molar refractivity (Wildman–Crippen MR) is 109 cm³/mol. The van der Waals surface area contributed by atoms with Crippen molar-refractivity contribution in [3.8, 4) is 11.5 Å². The van der Waals surface area contributed by atoms with Crippen molar-refractivity contribution in [2.45, 2.75) is 45.2 Å². The van der Waals surface area contributed by atoms with Crippen LogP contribution in [0.4, 0.5) is 4.79 Å². The van der Waals surface area contributed by atoms with Crippen molar-refractivity contribution < 1.29 is 19.1 Å². The Morgan fingerprint density at radius 2 is 1.97 bits per heavy atom. The first-order chi connectivity index (χ1) is 13.9. The largest absolute Gasteiger partial charge is 0.454 e. The minimum absolute atomic E-state index is 0.0952. The third-order valence-corrected chi connectivity index (χ3v) is 6.32. The van der Waals surface area contributed by atoms with Gasteiger partial charge in [-0.25, -0.2) is 4.79 Å². The number of likely N-dealkylation sites (tertiary alicyclic amines) is 1. The molecule has 0 bridgehead atoms. The quantitative estimate of drug-likeness (QED) is 0.588. The van der Waals surface area contributed by atoms with Gasteiger partial charge in [-0.1, -0.05) is 25.1 Å². The highest BCUT2D eigenvalue weighted by Gasteiger charge is 2.54. The van der Waals surface area contributed by atoms with Crippen molar-refractivity contribution >= 4 is 11.9 Å². The van der Waals surface area contributed by atoms with Crippen LogP contribution in [0.25, 0.3) is 0 Å². The molecule has 0 spiro atoms. The molecule has 3 heterocycles. The number of rotatable bonds is 6. The van der Waals surface area contributed by atoms with Gasteiger partial charge < -0.3 is 14.8 Å². The van der Waals surface area contributed by atoms with E-state index < -0.39 is 5.54 Å². The molecule has 7 nitrogen and oxygen atoms in total. The van der Waals surface area contributed by atoms with E-state index in [1.54, 1.807) is 0 Å². The van der Waals surface area contributed by atoms with Crippen LogP contribution in [-0.4, -0.2) is 53.7 Å². The van der Waals surface area contributed by atoms with E-state index in [9.17, 15) is 9.59 Å². The molecule has 3 amide bonds. The fraction of sp³-hybridized carbons (Fsp3) is 0.545. The SMILES string of the molecule is C=C(C)CN1C(=O)N[C@](CC)(C2CCN(Cc3ccc4c(c3)OCO4)CC2)C1=O. The number of carbonyl (C=O) groups excluding carboxylic acids is 2. The molecule has 156 valence electrons. The summed E-state index contributed by atoms with van der Waals surface area (Å²) in [5.41, 5.74) is 1.21. The minimum Gasteiger partial charge on any atom is -0.454 e. The standard InChI is InChI=1S/C22H29N3O4/c1-4-22(20(26)25(12-15(2)3)21(27)23-22)17-7-9-24(10-8-17)13-16-5-6-18-19(11-16)29-14-28-18/h5-6,11,17H,2,4,7-10,12-14H2,1,3H3,(H,23,27)/t22-/m1/s1. The predicted octanol–water partition coefficient (Wildman–Crippen LogP) is 2.90. The van der Waals surface area contributed by atoms with E-state index in [1.165, 1.54) is 10.5 Å². The van der Waals surface area contributed by atoms with Crippen LogP contribution in [0.15, 0.2) is 30.4 Å². The highest BCUT2D eigenvalue weighted by molar-refractivity contribution is 6.07. The van der Waals surface area contributed by atoms with Gasteiger partial charge in [-0.2, -0.15) is 0 Å². The fourth-order valence-corrected chi connectivity index (χ4v) is 4.74. The number of hydrogen-bond donors (Lipinski definition) is 1. The fourth-order valence-electron chi connectivity index (χ4n) is 4.74. The summed E-state index contributed by atoms with van der Waals surface area (Å²) < 4.78 is 10.8. The van der Waals surface area contributed by atoms with Crippen molar-refractivity contribution in [3.05, 3.63) is 35.9 Å². The summed E-state index contributed by atoms with van der Waals surface area (Å²) in [5, 5.41) is 3.03. The summed E-state index contributed by atoms with van der Waals surface area (Å²) in [4.78, 5) is 29.3. The third kappa shape index (κ3) is 3.59. The summed E-state index contributed by atoms with van der Waals surface area (Å²) in [5.74, 6) is 1.65. The number of carbonyl (C=O) groups is 2. The van der Waals surface area contributed by atoms with Gasteiger partial charge in [-0.05, 0) is 62.9 Å². The first kappa shape index (κ1) is 19.8. The van der Waals surface area contributed by atoms with Gasteiger partial charge in [0.2, 0.25) is 6.79 Å². The van der Waals surface area contributed by atoms with Crippen molar-refractivity contribution in [1.82, 2.24) is 15.1 Å². The zero-order chi connectivity index (χ0) is 20.6. The monoisotopic (exact) mass is 399 g/mol. The maximum atomic E-state index is 13.1. The molecule has 7 heteroatoms. The number of benzene rings is 1. The molecule has 29 heavy (non-hydrogen) atoms. The van der Waals surface area contributed by atoms with E-state index in [0.717, 1.165) is 49.5 Å².